The van der Waals surface area contributed by atoms with E-state index in [1.54, 1.807) is 13.0 Å². The highest BCUT2D eigenvalue weighted by molar-refractivity contribution is 8.00. The van der Waals surface area contributed by atoms with Gasteiger partial charge in [0, 0.05) is 5.69 Å². The van der Waals surface area contributed by atoms with Gasteiger partial charge in [0.05, 0.1) is 11.9 Å². The molecule has 0 fully saturated rings. The summed E-state index contributed by atoms with van der Waals surface area (Å²) in [7, 11) is 0. The SMILES string of the molecule is CCOC(=O)c1c(C)oc(NC(=O)C(CC)Sc2cc(C)ncn2)c1C(N)=O. The van der Waals surface area contributed by atoms with Crippen molar-refractivity contribution in [2.24, 2.45) is 5.73 Å². The van der Waals surface area contributed by atoms with Crippen molar-refractivity contribution in [3.63, 3.8) is 0 Å². The summed E-state index contributed by atoms with van der Waals surface area (Å²) >= 11 is 1.26. The van der Waals surface area contributed by atoms with Crippen LogP contribution < -0.4 is 11.1 Å². The Kier molecular flexibility index (Phi) is 7.16. The van der Waals surface area contributed by atoms with E-state index >= 15 is 0 Å². The molecule has 9 nitrogen and oxygen atoms in total. The first-order chi connectivity index (χ1) is 13.3. The van der Waals surface area contributed by atoms with Crippen molar-refractivity contribution < 1.29 is 23.5 Å². The largest absolute Gasteiger partial charge is 0.462 e. The Morgan fingerprint density at radius 3 is 2.54 bits per heavy atom. The molecule has 1 atom stereocenters. The Morgan fingerprint density at radius 2 is 1.96 bits per heavy atom. The number of ether oxygens (including phenoxy) is 1. The first-order valence-electron chi connectivity index (χ1n) is 8.64. The third-order valence-electron chi connectivity index (χ3n) is 3.75. The normalized spacial score (nSPS) is 11.7. The average molecular weight is 406 g/mol. The van der Waals surface area contributed by atoms with Gasteiger partial charge in [-0.25, -0.2) is 14.8 Å². The average Bonchev–Trinajstić information content (AvgIpc) is 2.95. The first-order valence-corrected chi connectivity index (χ1v) is 9.52. The highest BCUT2D eigenvalue weighted by atomic mass is 32.2. The van der Waals surface area contributed by atoms with E-state index in [9.17, 15) is 14.4 Å². The van der Waals surface area contributed by atoms with Gasteiger partial charge in [0.2, 0.25) is 11.8 Å². The highest BCUT2D eigenvalue weighted by Gasteiger charge is 2.30. The fraction of sp³-hybridized carbons (Fsp3) is 0.389. The van der Waals surface area contributed by atoms with Crippen LogP contribution in [0.4, 0.5) is 5.88 Å². The molecule has 2 heterocycles. The summed E-state index contributed by atoms with van der Waals surface area (Å²) < 4.78 is 10.4. The number of anilines is 1. The van der Waals surface area contributed by atoms with E-state index in [1.807, 2.05) is 13.8 Å². The standard InChI is InChI=1S/C18H22N4O5S/c1-5-11(28-12-7-9(3)20-8-21-12)16(24)22-17-14(15(19)23)13(10(4)27-17)18(25)26-6-2/h7-8,11H,5-6H2,1-4H3,(H2,19,23)(H,22,24). The summed E-state index contributed by atoms with van der Waals surface area (Å²) in [6.07, 6.45) is 1.92. The monoisotopic (exact) mass is 406 g/mol. The van der Waals surface area contributed by atoms with E-state index in [-0.39, 0.29) is 29.4 Å². The van der Waals surface area contributed by atoms with Crippen LogP contribution in [0.1, 0.15) is 52.4 Å². The van der Waals surface area contributed by atoms with E-state index in [4.69, 9.17) is 14.9 Å². The van der Waals surface area contributed by atoms with E-state index in [2.05, 4.69) is 15.3 Å². The molecule has 0 spiro atoms. The summed E-state index contributed by atoms with van der Waals surface area (Å²) in [6.45, 7) is 6.92. The maximum atomic E-state index is 12.7. The minimum Gasteiger partial charge on any atom is -0.462 e. The molecule has 2 aromatic heterocycles. The maximum absolute atomic E-state index is 12.7. The molecule has 2 aromatic rings. The second-order valence-electron chi connectivity index (χ2n) is 5.82. The van der Waals surface area contributed by atoms with Crippen molar-refractivity contribution in [3.8, 4) is 0 Å². The third-order valence-corrected chi connectivity index (χ3v) is 5.05. The molecule has 2 rings (SSSR count). The zero-order valence-electron chi connectivity index (χ0n) is 16.1. The number of thioether (sulfide) groups is 1. The number of nitrogens with zero attached hydrogens (tertiary/aromatic N) is 2. The Morgan fingerprint density at radius 1 is 1.25 bits per heavy atom. The lowest BCUT2D eigenvalue weighted by molar-refractivity contribution is -0.115. The molecule has 3 N–H and O–H groups in total. The van der Waals surface area contributed by atoms with Crippen LogP contribution in [0.2, 0.25) is 0 Å². The predicted octanol–water partition coefficient (Wildman–Crippen LogP) is 2.47. The molecular weight excluding hydrogens is 384 g/mol. The van der Waals surface area contributed by atoms with Crippen molar-refractivity contribution in [2.75, 3.05) is 11.9 Å². The Hall–Kier alpha value is -2.88. The van der Waals surface area contributed by atoms with Crippen LogP contribution in [0.5, 0.6) is 0 Å². The molecule has 0 aliphatic heterocycles. The van der Waals surface area contributed by atoms with Crippen LogP contribution in [0.3, 0.4) is 0 Å². The van der Waals surface area contributed by atoms with Crippen molar-refractivity contribution in [2.45, 2.75) is 44.4 Å². The molecule has 0 aromatic carbocycles. The number of primary amides is 1. The fourth-order valence-corrected chi connectivity index (χ4v) is 3.44. The number of hydrogen-bond donors (Lipinski definition) is 2. The number of aromatic nitrogens is 2. The van der Waals surface area contributed by atoms with Crippen LogP contribution in [0.15, 0.2) is 21.8 Å². The van der Waals surface area contributed by atoms with E-state index in [1.165, 1.54) is 25.0 Å². The van der Waals surface area contributed by atoms with Gasteiger partial charge in [0.15, 0.2) is 0 Å². The van der Waals surface area contributed by atoms with Gasteiger partial charge in [-0.2, -0.15) is 0 Å². The second kappa shape index (κ2) is 9.36. The minimum atomic E-state index is -0.901. The zero-order chi connectivity index (χ0) is 20.8. The molecule has 0 aliphatic carbocycles. The summed E-state index contributed by atoms with van der Waals surface area (Å²) in [5.74, 6) is -2.08. The van der Waals surface area contributed by atoms with Gasteiger partial charge >= 0.3 is 5.97 Å². The van der Waals surface area contributed by atoms with Crippen LogP contribution in [0.25, 0.3) is 0 Å². The van der Waals surface area contributed by atoms with Gasteiger partial charge in [0.25, 0.3) is 5.91 Å². The number of nitrogens with two attached hydrogens (primary N) is 1. The lowest BCUT2D eigenvalue weighted by Gasteiger charge is -2.13. The number of hydrogen-bond acceptors (Lipinski definition) is 8. The Bertz CT molecular complexity index is 896. The van der Waals surface area contributed by atoms with Crippen molar-refractivity contribution in [1.82, 2.24) is 9.97 Å². The highest BCUT2D eigenvalue weighted by Crippen LogP contribution is 2.30. The second-order valence-corrected chi connectivity index (χ2v) is 7.05. The summed E-state index contributed by atoms with van der Waals surface area (Å²) in [4.78, 5) is 44.9. The van der Waals surface area contributed by atoms with Crippen LogP contribution in [-0.4, -0.2) is 39.6 Å². The summed E-state index contributed by atoms with van der Waals surface area (Å²) in [5.41, 5.74) is 5.90. The van der Waals surface area contributed by atoms with Gasteiger partial charge in [0.1, 0.15) is 28.2 Å². The molecule has 0 saturated carbocycles. The van der Waals surface area contributed by atoms with Gasteiger partial charge in [-0.1, -0.05) is 18.7 Å². The quantitative estimate of drug-likeness (QED) is 0.387. The summed E-state index contributed by atoms with van der Waals surface area (Å²) in [5, 5.41) is 2.70. The molecule has 0 aliphatic rings. The molecule has 150 valence electrons. The first kappa shape index (κ1) is 21.4. The van der Waals surface area contributed by atoms with Crippen LogP contribution >= 0.6 is 11.8 Å². The number of aryl methyl sites for hydroxylation is 2. The van der Waals surface area contributed by atoms with Gasteiger partial charge in [-0.15, -0.1) is 0 Å². The molecule has 0 saturated heterocycles. The number of carbonyl (C=O) groups excluding carboxylic acids is 3. The topological polar surface area (TPSA) is 137 Å². The predicted molar refractivity (Wildman–Crippen MR) is 103 cm³/mol. The number of esters is 1. The van der Waals surface area contributed by atoms with Gasteiger partial charge in [-0.3, -0.25) is 14.9 Å². The van der Waals surface area contributed by atoms with E-state index in [0.29, 0.717) is 11.4 Å². The summed E-state index contributed by atoms with van der Waals surface area (Å²) in [6, 6.07) is 1.77. The zero-order valence-corrected chi connectivity index (χ0v) is 16.9. The maximum Gasteiger partial charge on any atom is 0.342 e. The molecule has 0 radical (unpaired) electrons. The Balaban J connectivity index is 2.27. The Labute approximate surface area is 166 Å². The molecule has 28 heavy (non-hydrogen) atoms. The van der Waals surface area contributed by atoms with Crippen molar-refractivity contribution in [3.05, 3.63) is 35.0 Å². The number of amides is 2. The fourth-order valence-electron chi connectivity index (χ4n) is 2.47. The number of furan rings is 1. The molecule has 1 unspecified atom stereocenters. The third kappa shape index (κ3) is 4.89. The molecular formula is C18H22N4O5S. The van der Waals surface area contributed by atoms with E-state index < -0.39 is 23.0 Å². The van der Waals surface area contributed by atoms with Crippen LogP contribution in [0, 0.1) is 13.8 Å². The van der Waals surface area contributed by atoms with Gasteiger partial charge < -0.3 is 14.9 Å². The minimum absolute atomic E-state index is 0.0863. The van der Waals surface area contributed by atoms with Gasteiger partial charge in [-0.05, 0) is 33.3 Å². The van der Waals surface area contributed by atoms with E-state index in [0.717, 1.165) is 5.69 Å². The molecule has 0 bridgehead atoms. The molecule has 2 amide bonds. The van der Waals surface area contributed by atoms with Crippen LogP contribution in [-0.2, 0) is 9.53 Å². The lowest BCUT2D eigenvalue weighted by atomic mass is 10.1. The van der Waals surface area contributed by atoms with Crippen molar-refractivity contribution >= 4 is 35.4 Å². The number of nitrogens with one attached hydrogen (secondary N) is 1. The number of rotatable bonds is 8. The smallest absolute Gasteiger partial charge is 0.342 e. The lowest BCUT2D eigenvalue weighted by Crippen LogP contribution is -2.26. The van der Waals surface area contributed by atoms with Crippen molar-refractivity contribution in [1.29, 1.82) is 0 Å². The number of carbonyl (C=O) groups is 3. The molecule has 10 heteroatoms.